The van der Waals surface area contributed by atoms with Gasteiger partial charge >= 0.3 is 0 Å². The van der Waals surface area contributed by atoms with Crippen LogP contribution in [0.2, 0.25) is 0 Å². The molecule has 0 aliphatic carbocycles. The molecular formula is C33H24N4O. The van der Waals surface area contributed by atoms with Gasteiger partial charge in [-0.15, -0.1) is 0 Å². The summed E-state index contributed by atoms with van der Waals surface area (Å²) in [4.78, 5) is 0. The van der Waals surface area contributed by atoms with Crippen molar-refractivity contribution >= 4 is 21.8 Å². The number of nitrogens with zero attached hydrogens (tertiary/aromatic N) is 4. The standard InChI is InChI=1S/C33H24N4O/c1-23-29-17-6-8-20-32(29)36(34-23)25-13-9-15-27(21-25)38-28-16-10-14-26(22-28)37-33(24-11-3-2-4-12-24)30-18-5-7-19-31(30)35-37/h2-22H,1H3. The molecular weight excluding hydrogens is 468 g/mol. The lowest BCUT2D eigenvalue weighted by atomic mass is 10.1. The second-order valence-corrected chi connectivity index (χ2v) is 9.25. The summed E-state index contributed by atoms with van der Waals surface area (Å²) in [5.74, 6) is 1.48. The van der Waals surface area contributed by atoms with E-state index >= 15 is 0 Å². The quantitative estimate of drug-likeness (QED) is 0.244. The fourth-order valence-electron chi connectivity index (χ4n) is 5.01. The number of fused-ring (bicyclic) bond motifs is 2. The van der Waals surface area contributed by atoms with E-state index in [1.165, 1.54) is 0 Å². The van der Waals surface area contributed by atoms with Gasteiger partial charge in [0.2, 0.25) is 0 Å². The maximum atomic E-state index is 6.36. The zero-order valence-electron chi connectivity index (χ0n) is 20.8. The van der Waals surface area contributed by atoms with Crippen LogP contribution in [0.25, 0.3) is 44.4 Å². The molecule has 2 heterocycles. The molecule has 0 unspecified atom stereocenters. The van der Waals surface area contributed by atoms with Gasteiger partial charge in [0.05, 0.1) is 33.8 Å². The minimum Gasteiger partial charge on any atom is -0.457 e. The van der Waals surface area contributed by atoms with Crippen molar-refractivity contribution in [3.8, 4) is 34.1 Å². The van der Waals surface area contributed by atoms with E-state index in [0.717, 1.165) is 61.6 Å². The van der Waals surface area contributed by atoms with Crippen molar-refractivity contribution in [1.82, 2.24) is 19.6 Å². The topological polar surface area (TPSA) is 44.9 Å². The molecule has 0 aliphatic heterocycles. The van der Waals surface area contributed by atoms with Crippen molar-refractivity contribution in [3.63, 3.8) is 0 Å². The Morgan fingerprint density at radius 2 is 1.18 bits per heavy atom. The van der Waals surface area contributed by atoms with Crippen LogP contribution in [0.4, 0.5) is 0 Å². The zero-order chi connectivity index (χ0) is 25.5. The molecule has 182 valence electrons. The van der Waals surface area contributed by atoms with Crippen LogP contribution in [0.3, 0.4) is 0 Å². The van der Waals surface area contributed by atoms with Gasteiger partial charge in [-0.2, -0.15) is 10.2 Å². The Morgan fingerprint density at radius 1 is 0.553 bits per heavy atom. The van der Waals surface area contributed by atoms with Crippen LogP contribution in [0, 0.1) is 6.92 Å². The first kappa shape index (κ1) is 22.1. The maximum absolute atomic E-state index is 6.36. The Balaban J connectivity index is 1.27. The third-order valence-electron chi connectivity index (χ3n) is 6.76. The van der Waals surface area contributed by atoms with Gasteiger partial charge in [-0.1, -0.05) is 78.9 Å². The Morgan fingerprint density at radius 3 is 1.95 bits per heavy atom. The van der Waals surface area contributed by atoms with Gasteiger partial charge in [0.25, 0.3) is 0 Å². The Labute approximate surface area is 220 Å². The molecule has 0 bridgehead atoms. The van der Waals surface area contributed by atoms with E-state index in [0.29, 0.717) is 0 Å². The molecule has 0 fully saturated rings. The van der Waals surface area contributed by atoms with Crippen LogP contribution >= 0.6 is 0 Å². The summed E-state index contributed by atoms with van der Waals surface area (Å²) >= 11 is 0. The van der Waals surface area contributed by atoms with E-state index in [-0.39, 0.29) is 0 Å². The van der Waals surface area contributed by atoms with Crippen molar-refractivity contribution < 1.29 is 4.74 Å². The van der Waals surface area contributed by atoms with Crippen molar-refractivity contribution in [2.75, 3.05) is 0 Å². The second-order valence-electron chi connectivity index (χ2n) is 9.25. The lowest BCUT2D eigenvalue weighted by Crippen LogP contribution is -2.00. The number of aromatic nitrogens is 4. The van der Waals surface area contributed by atoms with Crippen LogP contribution in [-0.2, 0) is 0 Å². The molecule has 0 aliphatic rings. The molecule has 7 rings (SSSR count). The predicted molar refractivity (Wildman–Crippen MR) is 152 cm³/mol. The fourth-order valence-corrected chi connectivity index (χ4v) is 5.01. The van der Waals surface area contributed by atoms with E-state index < -0.39 is 0 Å². The van der Waals surface area contributed by atoms with Crippen molar-refractivity contribution in [3.05, 3.63) is 133 Å². The fraction of sp³-hybridized carbons (Fsp3) is 0.0303. The number of para-hydroxylation sites is 1. The minimum atomic E-state index is 0.736. The van der Waals surface area contributed by atoms with E-state index in [9.17, 15) is 0 Å². The van der Waals surface area contributed by atoms with Gasteiger partial charge in [0.15, 0.2) is 0 Å². The molecule has 0 saturated carbocycles. The third-order valence-corrected chi connectivity index (χ3v) is 6.76. The van der Waals surface area contributed by atoms with Crippen molar-refractivity contribution in [1.29, 1.82) is 0 Å². The van der Waals surface area contributed by atoms with Gasteiger partial charge < -0.3 is 4.74 Å². The molecule has 5 nitrogen and oxygen atoms in total. The molecule has 2 aromatic heterocycles. The molecule has 0 radical (unpaired) electrons. The first-order valence-electron chi connectivity index (χ1n) is 12.6. The summed E-state index contributed by atoms with van der Waals surface area (Å²) in [6.07, 6.45) is 0. The van der Waals surface area contributed by atoms with Gasteiger partial charge in [-0.25, -0.2) is 9.36 Å². The lowest BCUT2D eigenvalue weighted by molar-refractivity contribution is 0.482. The molecule has 38 heavy (non-hydrogen) atoms. The Bertz CT molecular complexity index is 1920. The summed E-state index contributed by atoms with van der Waals surface area (Å²) in [6.45, 7) is 2.03. The lowest BCUT2D eigenvalue weighted by Gasteiger charge is -2.12. The number of benzene rings is 5. The first-order chi connectivity index (χ1) is 18.7. The van der Waals surface area contributed by atoms with Crippen LogP contribution in [0.15, 0.2) is 127 Å². The monoisotopic (exact) mass is 492 g/mol. The Kier molecular flexibility index (Phi) is 5.26. The predicted octanol–water partition coefficient (Wildman–Crippen LogP) is 8.13. The molecule has 0 atom stereocenters. The molecule has 7 aromatic rings. The van der Waals surface area contributed by atoms with Gasteiger partial charge in [-0.3, -0.25) is 0 Å². The number of ether oxygens (including phenoxy) is 1. The van der Waals surface area contributed by atoms with Crippen molar-refractivity contribution in [2.24, 2.45) is 0 Å². The summed E-state index contributed by atoms with van der Waals surface area (Å²) in [7, 11) is 0. The first-order valence-corrected chi connectivity index (χ1v) is 12.6. The highest BCUT2D eigenvalue weighted by molar-refractivity contribution is 5.94. The molecule has 5 aromatic carbocycles. The number of hydrogen-bond acceptors (Lipinski definition) is 3. The number of aryl methyl sites for hydroxylation is 1. The summed E-state index contributed by atoms with van der Waals surface area (Å²) < 4.78 is 10.3. The van der Waals surface area contributed by atoms with Gasteiger partial charge in [-0.05, 0) is 43.3 Å². The zero-order valence-corrected chi connectivity index (χ0v) is 20.8. The highest BCUT2D eigenvalue weighted by Gasteiger charge is 2.15. The number of hydrogen-bond donors (Lipinski definition) is 0. The van der Waals surface area contributed by atoms with E-state index in [2.05, 4.69) is 54.6 Å². The summed E-state index contributed by atoms with van der Waals surface area (Å²) in [5.41, 5.74) is 7.08. The largest absolute Gasteiger partial charge is 0.457 e. The maximum Gasteiger partial charge on any atom is 0.129 e. The Hall–Kier alpha value is -5.16. The molecule has 0 saturated heterocycles. The van der Waals surface area contributed by atoms with Gasteiger partial charge in [0, 0.05) is 28.5 Å². The number of rotatable bonds is 5. The molecule has 0 amide bonds. The van der Waals surface area contributed by atoms with E-state index in [4.69, 9.17) is 14.9 Å². The van der Waals surface area contributed by atoms with Crippen LogP contribution in [0.1, 0.15) is 5.69 Å². The SMILES string of the molecule is Cc1nn(-c2cccc(Oc3cccc(-n4nc5ccccc5c4-c4ccccc4)c3)c2)c2ccccc12. The average Bonchev–Trinajstić information content (AvgIpc) is 3.52. The minimum absolute atomic E-state index is 0.736. The average molecular weight is 493 g/mol. The highest BCUT2D eigenvalue weighted by atomic mass is 16.5. The van der Waals surface area contributed by atoms with Crippen LogP contribution < -0.4 is 4.74 Å². The molecule has 0 spiro atoms. The molecule has 5 heteroatoms. The third kappa shape index (κ3) is 3.82. The highest BCUT2D eigenvalue weighted by Crippen LogP contribution is 2.33. The molecule has 0 N–H and O–H groups in total. The second kappa shape index (κ2) is 9.05. The van der Waals surface area contributed by atoms with Crippen LogP contribution in [-0.4, -0.2) is 19.6 Å². The smallest absolute Gasteiger partial charge is 0.129 e. The summed E-state index contributed by atoms with van der Waals surface area (Å²) in [6, 6.07) is 42.9. The van der Waals surface area contributed by atoms with Crippen LogP contribution in [0.5, 0.6) is 11.5 Å². The summed E-state index contributed by atoms with van der Waals surface area (Å²) in [5, 5.41) is 12.0. The normalized spacial score (nSPS) is 11.3. The van der Waals surface area contributed by atoms with E-state index in [1.807, 2.05) is 89.1 Å². The van der Waals surface area contributed by atoms with Crippen molar-refractivity contribution in [2.45, 2.75) is 6.92 Å². The van der Waals surface area contributed by atoms with Gasteiger partial charge in [0.1, 0.15) is 11.5 Å². The van der Waals surface area contributed by atoms with E-state index in [1.54, 1.807) is 0 Å².